The first-order valence-electron chi connectivity index (χ1n) is 3.85. The van der Waals surface area contributed by atoms with Crippen molar-refractivity contribution in [2.24, 2.45) is 0 Å². The smallest absolute Gasteiger partial charge is 0.0697 e. The molecule has 0 atom stereocenters. The normalized spacial score (nSPS) is 20.2. The van der Waals surface area contributed by atoms with Crippen LogP contribution in [0.15, 0.2) is 11.3 Å². The Labute approximate surface area is 62.3 Å². The minimum absolute atomic E-state index is 0.815. The third kappa shape index (κ3) is 1.74. The van der Waals surface area contributed by atoms with Crippen molar-refractivity contribution in [2.45, 2.75) is 20.3 Å². The van der Waals surface area contributed by atoms with Gasteiger partial charge in [0, 0.05) is 12.2 Å². The molecule has 0 aromatic rings. The Morgan fingerprint density at radius 3 is 3.10 bits per heavy atom. The maximum absolute atomic E-state index is 5.35. The highest BCUT2D eigenvalue weighted by molar-refractivity contribution is 5.11. The number of allylic oxidation sites excluding steroid dienone is 1. The maximum Gasteiger partial charge on any atom is 0.0697 e. The summed E-state index contributed by atoms with van der Waals surface area (Å²) < 4.78 is 5.35. The molecule has 0 radical (unpaired) electrons. The van der Waals surface area contributed by atoms with Gasteiger partial charge < -0.3 is 10.1 Å². The molecular formula is C8H15NO. The molecule has 1 rings (SSSR count). The van der Waals surface area contributed by atoms with Crippen LogP contribution in [0.2, 0.25) is 0 Å². The van der Waals surface area contributed by atoms with E-state index in [9.17, 15) is 0 Å². The van der Waals surface area contributed by atoms with E-state index in [1.165, 1.54) is 11.3 Å². The lowest BCUT2D eigenvalue weighted by atomic mass is 10.2. The van der Waals surface area contributed by atoms with Crippen LogP contribution in [0.25, 0.3) is 0 Å². The van der Waals surface area contributed by atoms with Gasteiger partial charge in [0.25, 0.3) is 0 Å². The third-order valence-electron chi connectivity index (χ3n) is 1.87. The van der Waals surface area contributed by atoms with Crippen LogP contribution in [0.4, 0.5) is 0 Å². The standard InChI is InChI=1S/C8H15NO/c1-3-8-6-10-5-4-9-7(8)2/h9H,3-6H2,1-2H3. The fraction of sp³-hybridized carbons (Fsp3) is 0.750. The van der Waals surface area contributed by atoms with Crippen molar-refractivity contribution in [3.8, 4) is 0 Å². The Bertz CT molecular complexity index is 140. The van der Waals surface area contributed by atoms with E-state index in [2.05, 4.69) is 19.2 Å². The van der Waals surface area contributed by atoms with Crippen LogP contribution < -0.4 is 5.32 Å². The molecule has 0 aromatic carbocycles. The molecule has 0 aromatic heterocycles. The fourth-order valence-electron chi connectivity index (χ4n) is 1.11. The van der Waals surface area contributed by atoms with Crippen molar-refractivity contribution >= 4 is 0 Å². The Morgan fingerprint density at radius 1 is 1.60 bits per heavy atom. The van der Waals surface area contributed by atoms with Crippen molar-refractivity contribution in [2.75, 3.05) is 19.8 Å². The lowest BCUT2D eigenvalue weighted by Crippen LogP contribution is -2.14. The van der Waals surface area contributed by atoms with Crippen LogP contribution in [-0.2, 0) is 4.74 Å². The summed E-state index contributed by atoms with van der Waals surface area (Å²) in [5.74, 6) is 0. The summed E-state index contributed by atoms with van der Waals surface area (Å²) in [6, 6.07) is 0. The lowest BCUT2D eigenvalue weighted by molar-refractivity contribution is 0.164. The summed E-state index contributed by atoms with van der Waals surface area (Å²) in [7, 11) is 0. The zero-order valence-corrected chi connectivity index (χ0v) is 6.74. The van der Waals surface area contributed by atoms with Gasteiger partial charge in [-0.3, -0.25) is 0 Å². The van der Waals surface area contributed by atoms with E-state index in [0.29, 0.717) is 0 Å². The zero-order valence-electron chi connectivity index (χ0n) is 6.74. The van der Waals surface area contributed by atoms with E-state index in [4.69, 9.17) is 4.74 Å². The van der Waals surface area contributed by atoms with Gasteiger partial charge in [0.05, 0.1) is 13.2 Å². The highest BCUT2D eigenvalue weighted by Crippen LogP contribution is 2.08. The van der Waals surface area contributed by atoms with Gasteiger partial charge in [-0.05, 0) is 18.9 Å². The largest absolute Gasteiger partial charge is 0.386 e. The second-order valence-corrected chi connectivity index (χ2v) is 2.56. The predicted octanol–water partition coefficient (Wildman–Crippen LogP) is 1.29. The van der Waals surface area contributed by atoms with E-state index in [1.54, 1.807) is 0 Å². The molecule has 1 aliphatic heterocycles. The first-order valence-corrected chi connectivity index (χ1v) is 3.85. The van der Waals surface area contributed by atoms with Crippen LogP contribution in [0.3, 0.4) is 0 Å². The molecule has 0 fully saturated rings. The van der Waals surface area contributed by atoms with Gasteiger partial charge in [-0.2, -0.15) is 0 Å². The number of hydrogen-bond acceptors (Lipinski definition) is 2. The highest BCUT2D eigenvalue weighted by atomic mass is 16.5. The van der Waals surface area contributed by atoms with Crippen LogP contribution in [0.5, 0.6) is 0 Å². The van der Waals surface area contributed by atoms with Crippen LogP contribution >= 0.6 is 0 Å². The minimum atomic E-state index is 0.815. The monoisotopic (exact) mass is 141 g/mol. The third-order valence-corrected chi connectivity index (χ3v) is 1.87. The molecule has 0 spiro atoms. The molecule has 58 valence electrons. The summed E-state index contributed by atoms with van der Waals surface area (Å²) in [5, 5.41) is 3.30. The molecular weight excluding hydrogens is 126 g/mol. The number of ether oxygens (including phenoxy) is 1. The first kappa shape index (κ1) is 7.61. The molecule has 0 aliphatic carbocycles. The van der Waals surface area contributed by atoms with E-state index >= 15 is 0 Å². The summed E-state index contributed by atoms with van der Waals surface area (Å²) in [6.07, 6.45) is 1.10. The van der Waals surface area contributed by atoms with Crippen molar-refractivity contribution in [1.29, 1.82) is 0 Å². The topological polar surface area (TPSA) is 21.3 Å². The summed E-state index contributed by atoms with van der Waals surface area (Å²) >= 11 is 0. The van der Waals surface area contributed by atoms with Gasteiger partial charge in [0.2, 0.25) is 0 Å². The Morgan fingerprint density at radius 2 is 2.40 bits per heavy atom. The SMILES string of the molecule is CCC1=C(C)NCCOC1. The van der Waals surface area contributed by atoms with Gasteiger partial charge in [-0.15, -0.1) is 0 Å². The second kappa shape index (κ2) is 3.62. The summed E-state index contributed by atoms with van der Waals surface area (Å²) in [5.41, 5.74) is 2.71. The lowest BCUT2D eigenvalue weighted by Gasteiger charge is -2.05. The second-order valence-electron chi connectivity index (χ2n) is 2.56. The van der Waals surface area contributed by atoms with Gasteiger partial charge in [0.1, 0.15) is 0 Å². The average Bonchev–Trinajstić information content (AvgIpc) is 2.13. The molecule has 10 heavy (non-hydrogen) atoms. The van der Waals surface area contributed by atoms with Gasteiger partial charge >= 0.3 is 0 Å². The average molecular weight is 141 g/mol. The molecule has 0 saturated heterocycles. The Balaban J connectivity index is 2.58. The van der Waals surface area contributed by atoms with Crippen LogP contribution in [0, 0.1) is 0 Å². The van der Waals surface area contributed by atoms with E-state index in [0.717, 1.165) is 26.2 Å². The van der Waals surface area contributed by atoms with Crippen LogP contribution in [-0.4, -0.2) is 19.8 Å². The Kier molecular flexibility index (Phi) is 2.75. The quantitative estimate of drug-likeness (QED) is 0.594. The first-order chi connectivity index (χ1) is 4.84. The molecule has 1 N–H and O–H groups in total. The van der Waals surface area contributed by atoms with Crippen molar-refractivity contribution in [1.82, 2.24) is 5.32 Å². The number of hydrogen-bond donors (Lipinski definition) is 1. The molecule has 0 unspecified atom stereocenters. The van der Waals surface area contributed by atoms with Crippen molar-refractivity contribution < 1.29 is 4.74 Å². The predicted molar refractivity (Wildman–Crippen MR) is 41.8 cm³/mol. The molecule has 1 heterocycles. The van der Waals surface area contributed by atoms with E-state index in [1.807, 2.05) is 0 Å². The fourth-order valence-corrected chi connectivity index (χ4v) is 1.11. The molecule has 1 aliphatic rings. The zero-order chi connectivity index (χ0) is 7.40. The van der Waals surface area contributed by atoms with Gasteiger partial charge in [0.15, 0.2) is 0 Å². The van der Waals surface area contributed by atoms with Crippen molar-refractivity contribution in [3.05, 3.63) is 11.3 Å². The molecule has 2 heteroatoms. The van der Waals surface area contributed by atoms with Gasteiger partial charge in [-0.25, -0.2) is 0 Å². The van der Waals surface area contributed by atoms with Crippen LogP contribution in [0.1, 0.15) is 20.3 Å². The van der Waals surface area contributed by atoms with E-state index in [-0.39, 0.29) is 0 Å². The molecule has 0 amide bonds. The van der Waals surface area contributed by atoms with Gasteiger partial charge in [-0.1, -0.05) is 6.92 Å². The van der Waals surface area contributed by atoms with Crippen molar-refractivity contribution in [3.63, 3.8) is 0 Å². The summed E-state index contributed by atoms with van der Waals surface area (Å²) in [6.45, 7) is 6.88. The minimum Gasteiger partial charge on any atom is -0.386 e. The van der Waals surface area contributed by atoms with E-state index < -0.39 is 0 Å². The molecule has 0 saturated carbocycles. The maximum atomic E-state index is 5.35. The highest BCUT2D eigenvalue weighted by Gasteiger charge is 2.03. The number of rotatable bonds is 1. The Hall–Kier alpha value is -0.500. The molecule has 2 nitrogen and oxygen atoms in total. The summed E-state index contributed by atoms with van der Waals surface area (Å²) in [4.78, 5) is 0. The molecule has 0 bridgehead atoms. The number of nitrogens with one attached hydrogen (secondary N) is 1.